The fourth-order valence-electron chi connectivity index (χ4n) is 1.65. The highest BCUT2D eigenvalue weighted by atomic mass is 35.5. The predicted octanol–water partition coefficient (Wildman–Crippen LogP) is 2.24. The third kappa shape index (κ3) is 1.29. The van der Waals surface area contributed by atoms with Crippen LogP contribution in [0.25, 0.3) is 0 Å². The second kappa shape index (κ2) is 3.10. The Bertz CT molecular complexity index is 480. The Hall–Kier alpha value is -1.30. The van der Waals surface area contributed by atoms with Crippen molar-refractivity contribution in [2.24, 2.45) is 0 Å². The Morgan fingerprint density at radius 3 is 2.56 bits per heavy atom. The lowest BCUT2D eigenvalue weighted by molar-refractivity contribution is -0.143. The molecule has 1 saturated carbocycles. The fraction of sp³-hybridized carbons (Fsp3) is 0.333. The Morgan fingerprint density at radius 2 is 2.12 bits per heavy atom. The number of carboxylic acid groups (broad SMARTS) is 1. The molecule has 1 heterocycles. The van der Waals surface area contributed by atoms with Crippen LogP contribution < -0.4 is 0 Å². The summed E-state index contributed by atoms with van der Waals surface area (Å²) in [5.41, 5.74) is -3.19. The lowest BCUT2D eigenvalue weighted by Gasteiger charge is -2.12. The van der Waals surface area contributed by atoms with Crippen LogP contribution in [0, 0.1) is 5.95 Å². The molecule has 1 aromatic rings. The van der Waals surface area contributed by atoms with Gasteiger partial charge < -0.3 is 5.11 Å². The van der Waals surface area contributed by atoms with Crippen molar-refractivity contribution in [3.05, 3.63) is 28.8 Å². The van der Waals surface area contributed by atoms with Crippen LogP contribution >= 0.6 is 11.6 Å². The average molecular weight is 252 g/mol. The summed E-state index contributed by atoms with van der Waals surface area (Å²) in [6.07, 6.45) is -0.00919. The number of carbonyl (C=O) groups is 1. The van der Waals surface area contributed by atoms with Crippen molar-refractivity contribution in [3.8, 4) is 0 Å². The Kier molecular flexibility index (Phi) is 2.17. The minimum absolute atomic E-state index is 0.0836. The standard InChI is InChI=1S/C9H5ClF3NO2/c10-4-1-5(6(11)14-2-4)8(7(15)16)3-9(8,12)13/h1-2H,3H2,(H,15,16). The van der Waals surface area contributed by atoms with Crippen LogP contribution in [-0.4, -0.2) is 22.0 Å². The third-order valence-electron chi connectivity index (χ3n) is 2.62. The molecule has 1 N–H and O–H groups in total. The van der Waals surface area contributed by atoms with Gasteiger partial charge in [-0.05, 0) is 6.07 Å². The van der Waals surface area contributed by atoms with E-state index in [2.05, 4.69) is 4.98 Å². The maximum Gasteiger partial charge on any atom is 0.320 e. The molecule has 1 fully saturated rings. The van der Waals surface area contributed by atoms with E-state index in [1.54, 1.807) is 0 Å². The van der Waals surface area contributed by atoms with Gasteiger partial charge in [0.15, 0.2) is 5.41 Å². The number of hydrogen-bond acceptors (Lipinski definition) is 2. The maximum absolute atomic E-state index is 13.2. The molecule has 1 atom stereocenters. The third-order valence-corrected chi connectivity index (χ3v) is 2.82. The van der Waals surface area contributed by atoms with E-state index in [4.69, 9.17) is 16.7 Å². The lowest BCUT2D eigenvalue weighted by atomic mass is 9.97. The molecule has 7 heteroatoms. The first-order valence-corrected chi connectivity index (χ1v) is 4.62. The van der Waals surface area contributed by atoms with E-state index >= 15 is 0 Å². The van der Waals surface area contributed by atoms with Crippen molar-refractivity contribution < 1.29 is 23.1 Å². The molecule has 0 radical (unpaired) electrons. The molecule has 16 heavy (non-hydrogen) atoms. The lowest BCUT2D eigenvalue weighted by Crippen LogP contribution is -2.28. The minimum atomic E-state index is -3.47. The average Bonchev–Trinajstić information content (AvgIpc) is 2.75. The summed E-state index contributed by atoms with van der Waals surface area (Å²) in [6.45, 7) is 0. The molecule has 0 spiro atoms. The zero-order valence-electron chi connectivity index (χ0n) is 7.68. The highest BCUT2D eigenvalue weighted by molar-refractivity contribution is 6.30. The van der Waals surface area contributed by atoms with Crippen LogP contribution in [-0.2, 0) is 10.2 Å². The molecule has 1 aromatic heterocycles. The van der Waals surface area contributed by atoms with E-state index in [1.165, 1.54) is 0 Å². The van der Waals surface area contributed by atoms with Crippen molar-refractivity contribution in [1.29, 1.82) is 0 Å². The number of pyridine rings is 1. The Labute approximate surface area is 92.9 Å². The Morgan fingerprint density at radius 1 is 1.56 bits per heavy atom. The van der Waals surface area contributed by atoms with E-state index in [0.717, 1.165) is 12.3 Å². The van der Waals surface area contributed by atoms with Crippen LogP contribution in [0.4, 0.5) is 13.2 Å². The van der Waals surface area contributed by atoms with Gasteiger partial charge in [-0.2, -0.15) is 4.39 Å². The molecule has 3 nitrogen and oxygen atoms in total. The van der Waals surface area contributed by atoms with Gasteiger partial charge in [0.2, 0.25) is 5.95 Å². The summed E-state index contributed by atoms with van der Waals surface area (Å²) in [5, 5.41) is 8.71. The monoisotopic (exact) mass is 251 g/mol. The number of aliphatic carboxylic acids is 1. The van der Waals surface area contributed by atoms with E-state index in [-0.39, 0.29) is 5.02 Å². The molecule has 2 rings (SSSR count). The molecule has 0 bridgehead atoms. The number of aromatic nitrogens is 1. The molecule has 1 unspecified atom stereocenters. The van der Waals surface area contributed by atoms with Gasteiger partial charge in [0.1, 0.15) is 0 Å². The predicted molar refractivity (Wildman–Crippen MR) is 48.1 cm³/mol. The van der Waals surface area contributed by atoms with Gasteiger partial charge in [0.25, 0.3) is 5.92 Å². The molecule has 0 amide bonds. The van der Waals surface area contributed by atoms with Crippen molar-refractivity contribution in [2.75, 3.05) is 0 Å². The van der Waals surface area contributed by atoms with Crippen LogP contribution in [0.5, 0.6) is 0 Å². The SMILES string of the molecule is O=C(O)C1(c2cc(Cl)cnc2F)CC1(F)F. The first-order valence-electron chi connectivity index (χ1n) is 4.24. The van der Waals surface area contributed by atoms with Gasteiger partial charge in [-0.15, -0.1) is 0 Å². The number of hydrogen-bond donors (Lipinski definition) is 1. The molecule has 0 aliphatic heterocycles. The molecule has 1 aliphatic rings. The Balaban J connectivity index is 2.59. The number of halogens is 4. The quantitative estimate of drug-likeness (QED) is 0.820. The summed E-state index contributed by atoms with van der Waals surface area (Å²) < 4.78 is 39.4. The summed E-state index contributed by atoms with van der Waals surface area (Å²) in [7, 11) is 0. The second-order valence-electron chi connectivity index (χ2n) is 3.58. The normalized spacial score (nSPS) is 26.5. The van der Waals surface area contributed by atoms with E-state index in [0.29, 0.717) is 0 Å². The van der Waals surface area contributed by atoms with Gasteiger partial charge in [-0.25, -0.2) is 13.8 Å². The van der Waals surface area contributed by atoms with Crippen LogP contribution in [0.2, 0.25) is 5.02 Å². The van der Waals surface area contributed by atoms with E-state index in [1.807, 2.05) is 0 Å². The summed E-state index contributed by atoms with van der Waals surface area (Å²) >= 11 is 5.48. The van der Waals surface area contributed by atoms with Crippen LogP contribution in [0.3, 0.4) is 0 Å². The van der Waals surface area contributed by atoms with E-state index in [9.17, 15) is 18.0 Å². The molecular formula is C9H5ClF3NO2. The first-order chi connectivity index (χ1) is 7.31. The zero-order valence-corrected chi connectivity index (χ0v) is 8.43. The van der Waals surface area contributed by atoms with Crippen LogP contribution in [0.1, 0.15) is 12.0 Å². The highest BCUT2D eigenvalue weighted by Gasteiger charge is 2.78. The van der Waals surface area contributed by atoms with Gasteiger partial charge >= 0.3 is 5.97 Å². The van der Waals surface area contributed by atoms with Gasteiger partial charge in [0.05, 0.1) is 5.02 Å². The van der Waals surface area contributed by atoms with Gasteiger partial charge in [-0.1, -0.05) is 11.6 Å². The number of nitrogens with zero attached hydrogens (tertiary/aromatic N) is 1. The molecular weight excluding hydrogens is 247 g/mol. The number of carboxylic acids is 1. The summed E-state index contributed by atoms with van der Waals surface area (Å²) in [5.74, 6) is -6.48. The van der Waals surface area contributed by atoms with Gasteiger partial charge in [-0.3, -0.25) is 4.79 Å². The topological polar surface area (TPSA) is 50.2 Å². The minimum Gasteiger partial charge on any atom is -0.480 e. The molecule has 1 aliphatic carbocycles. The van der Waals surface area contributed by atoms with Crippen molar-refractivity contribution in [2.45, 2.75) is 17.8 Å². The smallest absolute Gasteiger partial charge is 0.320 e. The van der Waals surface area contributed by atoms with E-state index < -0.39 is 35.2 Å². The zero-order chi connectivity index (χ0) is 12.1. The largest absolute Gasteiger partial charge is 0.480 e. The van der Waals surface area contributed by atoms with Gasteiger partial charge in [0, 0.05) is 18.2 Å². The summed E-state index contributed by atoms with van der Waals surface area (Å²) in [4.78, 5) is 14.0. The van der Waals surface area contributed by atoms with Crippen LogP contribution in [0.15, 0.2) is 12.3 Å². The number of rotatable bonds is 2. The van der Waals surface area contributed by atoms with Crippen molar-refractivity contribution >= 4 is 17.6 Å². The summed E-state index contributed by atoms with van der Waals surface area (Å²) in [6, 6.07) is 0.874. The molecule has 0 saturated heterocycles. The molecule has 86 valence electrons. The second-order valence-corrected chi connectivity index (χ2v) is 4.02. The maximum atomic E-state index is 13.2. The first kappa shape index (κ1) is 11.2. The highest BCUT2D eigenvalue weighted by Crippen LogP contribution is 2.62. The number of alkyl halides is 2. The van der Waals surface area contributed by atoms with Crippen molar-refractivity contribution in [3.63, 3.8) is 0 Å². The fourth-order valence-corrected chi connectivity index (χ4v) is 1.81. The molecule has 0 aromatic carbocycles. The van der Waals surface area contributed by atoms with Crippen molar-refractivity contribution in [1.82, 2.24) is 4.98 Å².